The minimum Gasteiger partial charge on any atom is -0.308 e. The molecule has 0 aliphatic carbocycles. The third-order valence-corrected chi connectivity index (χ3v) is 3.12. The van der Waals surface area contributed by atoms with Crippen molar-refractivity contribution in [2.24, 2.45) is 0 Å². The van der Waals surface area contributed by atoms with Crippen LogP contribution in [0.4, 0.5) is 0 Å². The molecule has 0 bridgehead atoms. The molecule has 0 saturated carbocycles. The zero-order valence-electron chi connectivity index (χ0n) is 9.77. The molecule has 1 unspecified atom stereocenters. The van der Waals surface area contributed by atoms with Gasteiger partial charge in [0, 0.05) is 25.0 Å². The molecule has 16 heavy (non-hydrogen) atoms. The first-order valence-electron chi connectivity index (χ1n) is 5.06. The monoisotopic (exact) mass is 243 g/mol. The van der Waals surface area contributed by atoms with E-state index in [4.69, 9.17) is 0 Å². The Bertz CT molecular complexity index is 445. The Morgan fingerprint density at radius 1 is 1.50 bits per heavy atom. The average Bonchev–Trinajstić information content (AvgIpc) is 2.12. The minimum atomic E-state index is -2.93. The van der Waals surface area contributed by atoms with Gasteiger partial charge in [0.2, 0.25) is 0 Å². The fourth-order valence-corrected chi connectivity index (χ4v) is 2.42. The topological polar surface area (TPSA) is 72.0 Å². The van der Waals surface area contributed by atoms with Crippen LogP contribution in [0.25, 0.3) is 0 Å². The predicted octanol–water partition coefficient (Wildman–Crippen LogP) is 0.308. The van der Waals surface area contributed by atoms with E-state index in [0.29, 0.717) is 6.54 Å². The molecule has 1 aromatic heterocycles. The number of hydrogen-bond donors (Lipinski definition) is 1. The maximum absolute atomic E-state index is 11.0. The Labute approximate surface area is 96.2 Å². The molecule has 1 heterocycles. The van der Waals surface area contributed by atoms with Crippen LogP contribution in [-0.2, 0) is 16.4 Å². The molecule has 0 radical (unpaired) electrons. The van der Waals surface area contributed by atoms with Crippen LogP contribution in [-0.4, -0.2) is 36.4 Å². The summed E-state index contributed by atoms with van der Waals surface area (Å²) < 4.78 is 22.1. The predicted molar refractivity (Wildman–Crippen MR) is 62.8 cm³/mol. The lowest BCUT2D eigenvalue weighted by Gasteiger charge is -2.12. The molecule has 0 spiro atoms. The number of nitrogens with zero attached hydrogens (tertiary/aromatic N) is 2. The second-order valence-electron chi connectivity index (χ2n) is 3.97. The molecular formula is C10H17N3O2S. The summed E-state index contributed by atoms with van der Waals surface area (Å²) in [7, 11) is -2.93. The molecule has 0 aromatic carbocycles. The smallest absolute Gasteiger partial charge is 0.148 e. The van der Waals surface area contributed by atoms with E-state index < -0.39 is 9.84 Å². The average molecular weight is 243 g/mol. The van der Waals surface area contributed by atoms with Gasteiger partial charge in [0.25, 0.3) is 0 Å². The highest BCUT2D eigenvalue weighted by molar-refractivity contribution is 7.90. The Morgan fingerprint density at radius 2 is 2.19 bits per heavy atom. The molecule has 0 aliphatic rings. The number of nitrogens with one attached hydrogen (secondary N) is 1. The van der Waals surface area contributed by atoms with Gasteiger partial charge in [-0.1, -0.05) is 0 Å². The number of sulfone groups is 1. The Kier molecular flexibility index (Phi) is 4.37. The SMILES string of the molecule is Cc1nccc(CNC(C)CS(C)(=O)=O)n1. The second-order valence-corrected chi connectivity index (χ2v) is 6.15. The third-order valence-electron chi connectivity index (χ3n) is 2.02. The van der Waals surface area contributed by atoms with Crippen molar-refractivity contribution in [2.75, 3.05) is 12.0 Å². The number of hydrogen-bond acceptors (Lipinski definition) is 5. The molecule has 1 atom stereocenters. The van der Waals surface area contributed by atoms with Gasteiger partial charge in [-0.2, -0.15) is 0 Å². The van der Waals surface area contributed by atoms with Gasteiger partial charge in [0.15, 0.2) is 0 Å². The maximum atomic E-state index is 11.0. The quantitative estimate of drug-likeness (QED) is 0.805. The molecule has 5 nitrogen and oxygen atoms in total. The van der Waals surface area contributed by atoms with Crippen LogP contribution < -0.4 is 5.32 Å². The first kappa shape index (κ1) is 13.1. The number of aryl methyl sites for hydroxylation is 1. The largest absolute Gasteiger partial charge is 0.308 e. The van der Waals surface area contributed by atoms with Crippen molar-refractivity contribution in [1.82, 2.24) is 15.3 Å². The summed E-state index contributed by atoms with van der Waals surface area (Å²) in [5.41, 5.74) is 0.868. The van der Waals surface area contributed by atoms with Crippen molar-refractivity contribution in [3.05, 3.63) is 23.8 Å². The molecule has 0 fully saturated rings. The number of aromatic nitrogens is 2. The van der Waals surface area contributed by atoms with Gasteiger partial charge in [0.05, 0.1) is 11.4 Å². The lowest BCUT2D eigenvalue weighted by Crippen LogP contribution is -2.32. The standard InChI is InChI=1S/C10H17N3O2S/c1-8(7-16(3,14)15)12-6-10-4-5-11-9(2)13-10/h4-5,8,12H,6-7H2,1-3H3. The van der Waals surface area contributed by atoms with Crippen molar-refractivity contribution in [3.8, 4) is 0 Å². The van der Waals surface area contributed by atoms with Gasteiger partial charge in [0.1, 0.15) is 15.7 Å². The fraction of sp³-hybridized carbons (Fsp3) is 0.600. The van der Waals surface area contributed by atoms with Crippen LogP contribution >= 0.6 is 0 Å². The highest BCUT2D eigenvalue weighted by atomic mass is 32.2. The van der Waals surface area contributed by atoms with Crippen LogP contribution in [0.15, 0.2) is 12.3 Å². The first-order chi connectivity index (χ1) is 7.37. The number of rotatable bonds is 5. The molecule has 1 N–H and O–H groups in total. The van der Waals surface area contributed by atoms with E-state index in [9.17, 15) is 8.42 Å². The summed E-state index contributed by atoms with van der Waals surface area (Å²) in [6, 6.07) is 1.73. The molecule has 1 aromatic rings. The van der Waals surface area contributed by atoms with Crippen molar-refractivity contribution in [3.63, 3.8) is 0 Å². The lowest BCUT2D eigenvalue weighted by molar-refractivity contribution is 0.555. The van der Waals surface area contributed by atoms with Crippen molar-refractivity contribution >= 4 is 9.84 Å². The van der Waals surface area contributed by atoms with E-state index in [-0.39, 0.29) is 11.8 Å². The van der Waals surface area contributed by atoms with Gasteiger partial charge in [-0.05, 0) is 19.9 Å². The summed E-state index contributed by atoms with van der Waals surface area (Å²) in [6.45, 7) is 4.22. The Hall–Kier alpha value is -1.01. The molecular weight excluding hydrogens is 226 g/mol. The van der Waals surface area contributed by atoms with Gasteiger partial charge < -0.3 is 5.32 Å². The van der Waals surface area contributed by atoms with Crippen LogP contribution in [0.1, 0.15) is 18.4 Å². The highest BCUT2D eigenvalue weighted by Gasteiger charge is 2.09. The summed E-state index contributed by atoms with van der Waals surface area (Å²) in [6.07, 6.45) is 2.93. The Balaban J connectivity index is 2.46. The minimum absolute atomic E-state index is 0.0785. The molecule has 0 aliphatic heterocycles. The maximum Gasteiger partial charge on any atom is 0.148 e. The molecule has 6 heteroatoms. The van der Waals surface area contributed by atoms with Gasteiger partial charge in [-0.25, -0.2) is 18.4 Å². The third kappa shape index (κ3) is 5.18. The zero-order chi connectivity index (χ0) is 12.2. The van der Waals surface area contributed by atoms with Crippen molar-refractivity contribution in [2.45, 2.75) is 26.4 Å². The molecule has 1 rings (SSSR count). The van der Waals surface area contributed by atoms with E-state index in [1.165, 1.54) is 6.26 Å². The van der Waals surface area contributed by atoms with Crippen LogP contribution in [0.2, 0.25) is 0 Å². The zero-order valence-corrected chi connectivity index (χ0v) is 10.6. The van der Waals surface area contributed by atoms with E-state index in [0.717, 1.165) is 11.5 Å². The van der Waals surface area contributed by atoms with Gasteiger partial charge >= 0.3 is 0 Å². The van der Waals surface area contributed by atoms with Crippen LogP contribution in [0.5, 0.6) is 0 Å². The lowest BCUT2D eigenvalue weighted by atomic mass is 10.3. The van der Waals surface area contributed by atoms with Gasteiger partial charge in [-0.3, -0.25) is 0 Å². The molecule has 0 amide bonds. The summed E-state index contributed by atoms with van der Waals surface area (Å²) in [5.74, 6) is 0.854. The Morgan fingerprint density at radius 3 is 2.75 bits per heavy atom. The highest BCUT2D eigenvalue weighted by Crippen LogP contribution is 1.96. The van der Waals surface area contributed by atoms with Gasteiger partial charge in [-0.15, -0.1) is 0 Å². The fourth-order valence-electron chi connectivity index (χ4n) is 1.40. The molecule has 90 valence electrons. The van der Waals surface area contributed by atoms with Crippen LogP contribution in [0, 0.1) is 6.92 Å². The summed E-state index contributed by atoms with van der Waals surface area (Å²) >= 11 is 0. The normalized spacial score (nSPS) is 13.7. The van der Waals surface area contributed by atoms with Crippen molar-refractivity contribution < 1.29 is 8.42 Å². The van der Waals surface area contributed by atoms with Crippen molar-refractivity contribution in [1.29, 1.82) is 0 Å². The van der Waals surface area contributed by atoms with E-state index in [1.807, 2.05) is 19.9 Å². The van der Waals surface area contributed by atoms with Crippen LogP contribution in [0.3, 0.4) is 0 Å². The molecule has 0 saturated heterocycles. The summed E-state index contributed by atoms with van der Waals surface area (Å²) in [4.78, 5) is 8.21. The summed E-state index contributed by atoms with van der Waals surface area (Å²) in [5, 5.41) is 3.11. The second kappa shape index (κ2) is 5.36. The van der Waals surface area contributed by atoms with E-state index in [2.05, 4.69) is 15.3 Å². The van der Waals surface area contributed by atoms with E-state index >= 15 is 0 Å². The first-order valence-corrected chi connectivity index (χ1v) is 7.12. The van der Waals surface area contributed by atoms with E-state index in [1.54, 1.807) is 6.20 Å².